The van der Waals surface area contributed by atoms with Crippen LogP contribution in [0.15, 0.2) is 76.4 Å². The van der Waals surface area contributed by atoms with Gasteiger partial charge in [0.1, 0.15) is 17.3 Å². The third kappa shape index (κ3) is 3.40. The molecule has 0 radical (unpaired) electrons. The van der Waals surface area contributed by atoms with E-state index in [2.05, 4.69) is 32.1 Å². The van der Waals surface area contributed by atoms with Crippen LogP contribution in [0.5, 0.6) is 0 Å². The van der Waals surface area contributed by atoms with Gasteiger partial charge in [-0.15, -0.1) is 10.2 Å². The maximum Gasteiger partial charge on any atom is 0.196 e. The van der Waals surface area contributed by atoms with Crippen LogP contribution < -0.4 is 0 Å². The van der Waals surface area contributed by atoms with E-state index in [0.29, 0.717) is 11.7 Å². The van der Waals surface area contributed by atoms with Crippen molar-refractivity contribution >= 4 is 11.8 Å². The topological polar surface area (TPSA) is 56.7 Å². The standard InChI is InChI=1S/C21H18N4OS/c1-3-7-15(8-4-1)19-13-18(26-24-19)14-27-21-23-22-20(16-11-12-16)25(21)17-9-5-2-6-10-17/h1-10,13,16H,11-12,14H2. The number of para-hydroxylation sites is 1. The van der Waals surface area contributed by atoms with Gasteiger partial charge in [0.05, 0.1) is 5.75 Å². The third-order valence-corrected chi connectivity index (χ3v) is 5.54. The second-order valence-corrected chi connectivity index (χ2v) is 7.56. The number of thioether (sulfide) groups is 1. The van der Waals surface area contributed by atoms with E-state index in [0.717, 1.165) is 33.7 Å². The van der Waals surface area contributed by atoms with Crippen molar-refractivity contribution in [2.45, 2.75) is 29.7 Å². The zero-order valence-corrected chi connectivity index (χ0v) is 15.5. The largest absolute Gasteiger partial charge is 0.360 e. The number of hydrogen-bond acceptors (Lipinski definition) is 5. The second-order valence-electron chi connectivity index (χ2n) is 6.62. The molecule has 4 aromatic rings. The van der Waals surface area contributed by atoms with Gasteiger partial charge in [0, 0.05) is 23.2 Å². The molecule has 0 unspecified atom stereocenters. The van der Waals surface area contributed by atoms with E-state index in [9.17, 15) is 0 Å². The molecule has 1 aliphatic rings. The molecule has 27 heavy (non-hydrogen) atoms. The van der Waals surface area contributed by atoms with E-state index in [1.807, 2.05) is 54.6 Å². The van der Waals surface area contributed by atoms with E-state index in [1.54, 1.807) is 11.8 Å². The zero-order chi connectivity index (χ0) is 18.1. The summed E-state index contributed by atoms with van der Waals surface area (Å²) in [6.45, 7) is 0. The maximum absolute atomic E-state index is 5.52. The lowest BCUT2D eigenvalue weighted by Gasteiger charge is -2.09. The van der Waals surface area contributed by atoms with Crippen LogP contribution in [-0.2, 0) is 5.75 Å². The van der Waals surface area contributed by atoms with Gasteiger partial charge in [0.25, 0.3) is 0 Å². The SMILES string of the molecule is c1ccc(-c2cc(CSc3nnc(C4CC4)n3-c3ccccc3)on2)cc1. The molecule has 2 aromatic carbocycles. The minimum Gasteiger partial charge on any atom is -0.360 e. The molecule has 0 bridgehead atoms. The molecule has 0 N–H and O–H groups in total. The summed E-state index contributed by atoms with van der Waals surface area (Å²) in [4.78, 5) is 0. The van der Waals surface area contributed by atoms with E-state index in [4.69, 9.17) is 4.52 Å². The van der Waals surface area contributed by atoms with Crippen molar-refractivity contribution in [3.05, 3.63) is 78.3 Å². The highest BCUT2D eigenvalue weighted by molar-refractivity contribution is 7.98. The number of rotatable bonds is 6. The van der Waals surface area contributed by atoms with Crippen LogP contribution in [0.3, 0.4) is 0 Å². The molecule has 1 aliphatic carbocycles. The molecule has 0 spiro atoms. The lowest BCUT2D eigenvalue weighted by Crippen LogP contribution is -2.01. The lowest BCUT2D eigenvalue weighted by molar-refractivity contribution is 0.397. The second kappa shape index (κ2) is 7.04. The third-order valence-electron chi connectivity index (χ3n) is 4.59. The van der Waals surface area contributed by atoms with Crippen molar-refractivity contribution in [1.29, 1.82) is 0 Å². The average molecular weight is 374 g/mol. The van der Waals surface area contributed by atoms with Gasteiger partial charge in [0.15, 0.2) is 5.16 Å². The van der Waals surface area contributed by atoms with Crippen molar-refractivity contribution in [3.63, 3.8) is 0 Å². The van der Waals surface area contributed by atoms with E-state index in [1.165, 1.54) is 12.8 Å². The number of benzene rings is 2. The highest BCUT2D eigenvalue weighted by Gasteiger charge is 2.31. The van der Waals surface area contributed by atoms with Gasteiger partial charge in [-0.3, -0.25) is 4.57 Å². The Morgan fingerprint density at radius 3 is 2.44 bits per heavy atom. The molecule has 0 aliphatic heterocycles. The first kappa shape index (κ1) is 16.3. The van der Waals surface area contributed by atoms with Gasteiger partial charge < -0.3 is 4.52 Å². The van der Waals surface area contributed by atoms with Crippen LogP contribution in [0.25, 0.3) is 16.9 Å². The minimum atomic E-state index is 0.530. The summed E-state index contributed by atoms with van der Waals surface area (Å²) in [5, 5.41) is 14.0. The van der Waals surface area contributed by atoms with Gasteiger partial charge in [-0.1, -0.05) is 65.4 Å². The van der Waals surface area contributed by atoms with E-state index < -0.39 is 0 Å². The zero-order valence-electron chi connectivity index (χ0n) is 14.7. The molecule has 0 amide bonds. The van der Waals surface area contributed by atoms with Gasteiger partial charge in [0.2, 0.25) is 0 Å². The fourth-order valence-corrected chi connectivity index (χ4v) is 3.90. The molecule has 1 saturated carbocycles. The normalized spacial score (nSPS) is 13.8. The first-order valence-electron chi connectivity index (χ1n) is 9.03. The molecule has 1 fully saturated rings. The fourth-order valence-electron chi connectivity index (χ4n) is 3.06. The monoisotopic (exact) mass is 374 g/mol. The average Bonchev–Trinajstić information content (AvgIpc) is 3.31. The predicted octanol–water partition coefficient (Wildman–Crippen LogP) is 5.09. The van der Waals surface area contributed by atoms with E-state index >= 15 is 0 Å². The summed E-state index contributed by atoms with van der Waals surface area (Å²) in [6.07, 6.45) is 2.39. The number of hydrogen-bond donors (Lipinski definition) is 0. The molecule has 6 heteroatoms. The lowest BCUT2D eigenvalue weighted by atomic mass is 10.1. The highest BCUT2D eigenvalue weighted by Crippen LogP contribution is 2.41. The summed E-state index contributed by atoms with van der Waals surface area (Å²) in [7, 11) is 0. The van der Waals surface area contributed by atoms with E-state index in [-0.39, 0.29) is 0 Å². The van der Waals surface area contributed by atoms with Crippen LogP contribution in [-0.4, -0.2) is 19.9 Å². The summed E-state index contributed by atoms with van der Waals surface area (Å²) in [5.41, 5.74) is 3.02. The molecular formula is C21H18N4OS. The fraction of sp³-hybridized carbons (Fsp3) is 0.190. The number of aromatic nitrogens is 4. The Balaban J connectivity index is 1.38. The van der Waals surface area contributed by atoms with Gasteiger partial charge in [-0.25, -0.2) is 0 Å². The Kier molecular flexibility index (Phi) is 4.26. The predicted molar refractivity (Wildman–Crippen MR) is 105 cm³/mol. The van der Waals surface area contributed by atoms with Crippen molar-refractivity contribution in [1.82, 2.24) is 19.9 Å². The van der Waals surface area contributed by atoms with Gasteiger partial charge >= 0.3 is 0 Å². The summed E-state index contributed by atoms with van der Waals surface area (Å²) >= 11 is 1.63. The van der Waals surface area contributed by atoms with Crippen LogP contribution in [0.1, 0.15) is 30.3 Å². The Morgan fingerprint density at radius 2 is 1.70 bits per heavy atom. The quantitative estimate of drug-likeness (QED) is 0.440. The Bertz CT molecular complexity index is 1040. The van der Waals surface area contributed by atoms with Crippen LogP contribution >= 0.6 is 11.8 Å². The van der Waals surface area contributed by atoms with Crippen molar-refractivity contribution in [2.24, 2.45) is 0 Å². The molecule has 134 valence electrons. The molecule has 2 heterocycles. The molecule has 2 aromatic heterocycles. The minimum absolute atomic E-state index is 0.530. The highest BCUT2D eigenvalue weighted by atomic mass is 32.2. The van der Waals surface area contributed by atoms with Crippen molar-refractivity contribution in [2.75, 3.05) is 0 Å². The maximum atomic E-state index is 5.52. The van der Waals surface area contributed by atoms with Crippen LogP contribution in [0.2, 0.25) is 0 Å². The summed E-state index contributed by atoms with van der Waals surface area (Å²) in [6, 6.07) is 22.4. The van der Waals surface area contributed by atoms with Crippen molar-refractivity contribution < 1.29 is 4.52 Å². The molecule has 5 rings (SSSR count). The molecular weight excluding hydrogens is 356 g/mol. The first-order chi connectivity index (χ1) is 13.4. The van der Waals surface area contributed by atoms with Crippen LogP contribution in [0, 0.1) is 0 Å². The smallest absolute Gasteiger partial charge is 0.196 e. The first-order valence-corrected chi connectivity index (χ1v) is 10.0. The van der Waals surface area contributed by atoms with Gasteiger partial charge in [-0.2, -0.15) is 0 Å². The number of nitrogens with zero attached hydrogens (tertiary/aromatic N) is 4. The molecule has 5 nitrogen and oxygen atoms in total. The Morgan fingerprint density at radius 1 is 0.963 bits per heavy atom. The molecule has 0 saturated heterocycles. The van der Waals surface area contributed by atoms with Crippen LogP contribution in [0.4, 0.5) is 0 Å². The Hall–Kier alpha value is -2.86. The summed E-state index contributed by atoms with van der Waals surface area (Å²) < 4.78 is 7.70. The van der Waals surface area contributed by atoms with Crippen molar-refractivity contribution in [3.8, 4) is 16.9 Å². The van der Waals surface area contributed by atoms with Gasteiger partial charge in [-0.05, 0) is 25.0 Å². The Labute approximate surface area is 161 Å². The molecule has 0 atom stereocenters. The summed E-state index contributed by atoms with van der Waals surface area (Å²) in [5.74, 6) is 3.08.